The van der Waals surface area contributed by atoms with Crippen molar-refractivity contribution >= 4 is 28.8 Å². The van der Waals surface area contributed by atoms with Gasteiger partial charge in [0.15, 0.2) is 12.1 Å². The lowest BCUT2D eigenvalue weighted by Crippen LogP contribution is -2.25. The molecule has 0 spiro atoms. The van der Waals surface area contributed by atoms with Gasteiger partial charge in [-0.3, -0.25) is 5.43 Å². The molecule has 1 saturated heterocycles. The Morgan fingerprint density at radius 1 is 1.20 bits per heavy atom. The SMILES string of the molecule is CCCNc1cc(N/N=C/c2c[nH]c3ccccc23)nc(CCC2OCCCO2)n1. The lowest BCUT2D eigenvalue weighted by atomic mass is 10.2. The maximum atomic E-state index is 5.63. The van der Waals surface area contributed by atoms with Crippen LogP contribution in [0, 0.1) is 0 Å². The normalized spacial score (nSPS) is 15.1. The van der Waals surface area contributed by atoms with E-state index < -0.39 is 0 Å². The molecule has 0 bridgehead atoms. The largest absolute Gasteiger partial charge is 0.370 e. The van der Waals surface area contributed by atoms with Crippen molar-refractivity contribution in [2.45, 2.75) is 38.9 Å². The van der Waals surface area contributed by atoms with E-state index in [1.54, 1.807) is 6.21 Å². The second kappa shape index (κ2) is 10.2. The summed E-state index contributed by atoms with van der Waals surface area (Å²) < 4.78 is 11.3. The molecule has 8 heteroatoms. The van der Waals surface area contributed by atoms with Crippen molar-refractivity contribution in [3.8, 4) is 0 Å². The topological polar surface area (TPSA) is 96.5 Å². The van der Waals surface area contributed by atoms with E-state index in [9.17, 15) is 0 Å². The highest BCUT2D eigenvalue weighted by molar-refractivity contribution is 5.99. The summed E-state index contributed by atoms with van der Waals surface area (Å²) in [6.45, 7) is 4.47. The van der Waals surface area contributed by atoms with E-state index in [4.69, 9.17) is 9.47 Å². The van der Waals surface area contributed by atoms with Gasteiger partial charge in [-0.1, -0.05) is 25.1 Å². The standard InChI is InChI=1S/C22H28N6O2/c1-2-10-23-20-13-21(27-19(26-20)8-9-22-29-11-5-12-30-22)28-25-15-16-14-24-18-7-4-3-6-17(16)18/h3-4,6-7,13-15,22,24H,2,5,8-12H2,1H3,(H2,23,26,27,28)/b25-15+. The number of benzene rings is 1. The van der Waals surface area contributed by atoms with Crippen molar-refractivity contribution in [3.05, 3.63) is 47.9 Å². The minimum absolute atomic E-state index is 0.175. The number of rotatable bonds is 9. The first-order chi connectivity index (χ1) is 14.8. The Balaban J connectivity index is 1.45. The molecule has 0 radical (unpaired) electrons. The van der Waals surface area contributed by atoms with Crippen LogP contribution >= 0.6 is 0 Å². The molecule has 158 valence electrons. The van der Waals surface area contributed by atoms with Crippen LogP contribution in [0.15, 0.2) is 41.6 Å². The Bertz CT molecular complexity index is 981. The monoisotopic (exact) mass is 408 g/mol. The van der Waals surface area contributed by atoms with Gasteiger partial charge in [0.1, 0.15) is 11.6 Å². The molecular formula is C22H28N6O2. The first kappa shape index (κ1) is 20.3. The Labute approximate surface area is 176 Å². The van der Waals surface area contributed by atoms with E-state index in [0.717, 1.165) is 67.1 Å². The average molecular weight is 409 g/mol. The summed E-state index contributed by atoms with van der Waals surface area (Å²) in [5.74, 6) is 2.18. The zero-order valence-corrected chi connectivity index (χ0v) is 17.2. The molecule has 3 aromatic rings. The molecule has 0 unspecified atom stereocenters. The molecule has 1 aromatic carbocycles. The second-order valence-corrected chi connectivity index (χ2v) is 7.20. The fraction of sp³-hybridized carbons (Fsp3) is 0.409. The third kappa shape index (κ3) is 5.34. The summed E-state index contributed by atoms with van der Waals surface area (Å²) in [6, 6.07) is 10.0. The van der Waals surface area contributed by atoms with Crippen LogP contribution in [0.3, 0.4) is 0 Å². The number of ether oxygens (including phenoxy) is 2. The first-order valence-corrected chi connectivity index (χ1v) is 10.5. The number of nitrogens with one attached hydrogen (secondary N) is 3. The van der Waals surface area contributed by atoms with Crippen LogP contribution in [0.1, 0.15) is 37.6 Å². The van der Waals surface area contributed by atoms with Crippen molar-refractivity contribution in [3.63, 3.8) is 0 Å². The Morgan fingerprint density at radius 3 is 2.90 bits per heavy atom. The molecule has 1 aliphatic rings. The van der Waals surface area contributed by atoms with Gasteiger partial charge >= 0.3 is 0 Å². The average Bonchev–Trinajstić information content (AvgIpc) is 3.20. The maximum absolute atomic E-state index is 5.63. The molecule has 0 saturated carbocycles. The van der Waals surface area contributed by atoms with Gasteiger partial charge in [-0.15, -0.1) is 0 Å². The van der Waals surface area contributed by atoms with E-state index in [-0.39, 0.29) is 6.29 Å². The second-order valence-electron chi connectivity index (χ2n) is 7.20. The third-order valence-electron chi connectivity index (χ3n) is 4.83. The van der Waals surface area contributed by atoms with E-state index in [2.05, 4.69) is 43.8 Å². The first-order valence-electron chi connectivity index (χ1n) is 10.5. The molecule has 0 aliphatic carbocycles. The third-order valence-corrected chi connectivity index (χ3v) is 4.83. The molecule has 1 aliphatic heterocycles. The van der Waals surface area contributed by atoms with Gasteiger partial charge < -0.3 is 19.8 Å². The predicted octanol–water partition coefficient (Wildman–Crippen LogP) is 3.92. The number of nitrogens with zero attached hydrogens (tertiary/aromatic N) is 3. The number of aryl methyl sites for hydroxylation is 1. The minimum atomic E-state index is -0.175. The summed E-state index contributed by atoms with van der Waals surface area (Å²) in [4.78, 5) is 12.5. The number of hydrogen-bond donors (Lipinski definition) is 3. The van der Waals surface area contributed by atoms with Crippen LogP contribution in [-0.4, -0.2) is 47.2 Å². The molecule has 30 heavy (non-hydrogen) atoms. The molecule has 3 N–H and O–H groups in total. The van der Waals surface area contributed by atoms with Crippen molar-refractivity contribution in [2.24, 2.45) is 5.10 Å². The lowest BCUT2D eigenvalue weighted by molar-refractivity contribution is -0.180. The van der Waals surface area contributed by atoms with Gasteiger partial charge in [0.25, 0.3) is 0 Å². The fourth-order valence-corrected chi connectivity index (χ4v) is 3.33. The van der Waals surface area contributed by atoms with E-state index in [1.807, 2.05) is 30.5 Å². The van der Waals surface area contributed by atoms with Gasteiger partial charge in [-0.2, -0.15) is 5.10 Å². The summed E-state index contributed by atoms with van der Waals surface area (Å²) in [5, 5.41) is 8.84. The predicted molar refractivity (Wildman–Crippen MR) is 119 cm³/mol. The minimum Gasteiger partial charge on any atom is -0.370 e. The molecule has 1 fully saturated rings. The smallest absolute Gasteiger partial charge is 0.158 e. The number of anilines is 2. The van der Waals surface area contributed by atoms with Crippen molar-refractivity contribution in [1.29, 1.82) is 0 Å². The van der Waals surface area contributed by atoms with Crippen LogP contribution in [-0.2, 0) is 15.9 Å². The molecule has 3 heterocycles. The van der Waals surface area contributed by atoms with Gasteiger partial charge in [-0.25, -0.2) is 9.97 Å². The van der Waals surface area contributed by atoms with Gasteiger partial charge in [0.05, 0.1) is 19.4 Å². The van der Waals surface area contributed by atoms with E-state index in [1.165, 1.54) is 0 Å². The molecule has 4 rings (SSSR count). The number of fused-ring (bicyclic) bond motifs is 1. The van der Waals surface area contributed by atoms with Crippen LogP contribution in [0.2, 0.25) is 0 Å². The maximum Gasteiger partial charge on any atom is 0.158 e. The Hall–Kier alpha value is -2.97. The van der Waals surface area contributed by atoms with Gasteiger partial charge in [0.2, 0.25) is 0 Å². The zero-order chi connectivity index (χ0) is 20.6. The molecule has 2 aromatic heterocycles. The number of para-hydroxylation sites is 1. The van der Waals surface area contributed by atoms with E-state index in [0.29, 0.717) is 12.2 Å². The van der Waals surface area contributed by atoms with Gasteiger partial charge in [-0.05, 0) is 18.9 Å². The fourth-order valence-electron chi connectivity index (χ4n) is 3.33. The summed E-state index contributed by atoms with van der Waals surface area (Å²) >= 11 is 0. The number of aromatic nitrogens is 3. The zero-order valence-electron chi connectivity index (χ0n) is 17.2. The summed E-state index contributed by atoms with van der Waals surface area (Å²) in [6.07, 6.45) is 6.94. The summed E-state index contributed by atoms with van der Waals surface area (Å²) in [7, 11) is 0. The molecule has 8 nitrogen and oxygen atoms in total. The molecule has 0 amide bonds. The lowest BCUT2D eigenvalue weighted by Gasteiger charge is -2.22. The number of H-pyrrole nitrogens is 1. The number of hydrogen-bond acceptors (Lipinski definition) is 7. The summed E-state index contributed by atoms with van der Waals surface area (Å²) in [5.41, 5.74) is 5.15. The molecule has 0 atom stereocenters. The van der Waals surface area contributed by atoms with Crippen LogP contribution < -0.4 is 10.7 Å². The number of hydrazone groups is 1. The Morgan fingerprint density at radius 2 is 2.03 bits per heavy atom. The van der Waals surface area contributed by atoms with Crippen molar-refractivity contribution in [2.75, 3.05) is 30.5 Å². The van der Waals surface area contributed by atoms with Gasteiger partial charge in [0, 0.05) is 48.1 Å². The Kier molecular flexibility index (Phi) is 6.89. The van der Waals surface area contributed by atoms with Crippen LogP contribution in [0.5, 0.6) is 0 Å². The highest BCUT2D eigenvalue weighted by atomic mass is 16.7. The quantitative estimate of drug-likeness (QED) is 0.367. The molecular weight excluding hydrogens is 380 g/mol. The highest BCUT2D eigenvalue weighted by Crippen LogP contribution is 2.17. The van der Waals surface area contributed by atoms with Crippen molar-refractivity contribution < 1.29 is 9.47 Å². The van der Waals surface area contributed by atoms with Crippen LogP contribution in [0.4, 0.5) is 11.6 Å². The number of aromatic amines is 1. The highest BCUT2D eigenvalue weighted by Gasteiger charge is 2.15. The van der Waals surface area contributed by atoms with Crippen molar-refractivity contribution in [1.82, 2.24) is 15.0 Å². The van der Waals surface area contributed by atoms with E-state index >= 15 is 0 Å². The van der Waals surface area contributed by atoms with Crippen LogP contribution in [0.25, 0.3) is 10.9 Å².